The predicted octanol–water partition coefficient (Wildman–Crippen LogP) is 2.82. The number of morpholine rings is 1. The highest BCUT2D eigenvalue weighted by molar-refractivity contribution is 5.48. The third kappa shape index (κ3) is 4.22. The quantitative estimate of drug-likeness (QED) is 0.903. The maximum absolute atomic E-state index is 5.84. The molecule has 1 N–H and O–H groups in total. The summed E-state index contributed by atoms with van der Waals surface area (Å²) in [6.45, 7) is 12.6. The van der Waals surface area contributed by atoms with E-state index in [1.165, 1.54) is 16.8 Å². The minimum atomic E-state index is 0.289. The van der Waals surface area contributed by atoms with Gasteiger partial charge in [0.25, 0.3) is 0 Å². The number of rotatable bonds is 4. The van der Waals surface area contributed by atoms with Crippen LogP contribution in [0, 0.1) is 13.8 Å². The van der Waals surface area contributed by atoms with Gasteiger partial charge in [-0.15, -0.1) is 0 Å². The Balaban J connectivity index is 1.87. The van der Waals surface area contributed by atoms with Crippen LogP contribution >= 0.6 is 0 Å². The summed E-state index contributed by atoms with van der Waals surface area (Å²) >= 11 is 0. The van der Waals surface area contributed by atoms with E-state index in [-0.39, 0.29) is 6.10 Å². The molecule has 0 aliphatic carbocycles. The fourth-order valence-electron chi connectivity index (χ4n) is 2.64. The number of anilines is 1. The molecule has 0 aromatic heterocycles. The molecule has 1 fully saturated rings. The Labute approximate surface area is 116 Å². The van der Waals surface area contributed by atoms with Crippen molar-refractivity contribution in [2.45, 2.75) is 39.8 Å². The lowest BCUT2D eigenvalue weighted by molar-refractivity contribution is -0.0315. The van der Waals surface area contributed by atoms with Gasteiger partial charge < -0.3 is 10.1 Å². The standard InChI is InChI=1S/C16H26N2O/c1-12(2)18-5-6-19-16(11-18)10-17-15-8-13(3)7-14(4)9-15/h7-9,12,16-17H,5-6,10-11H2,1-4H3. The van der Waals surface area contributed by atoms with Gasteiger partial charge in [-0.05, 0) is 51.0 Å². The van der Waals surface area contributed by atoms with Gasteiger partial charge in [-0.1, -0.05) is 6.07 Å². The maximum atomic E-state index is 5.84. The molecule has 0 spiro atoms. The Hall–Kier alpha value is -1.06. The van der Waals surface area contributed by atoms with Crippen molar-refractivity contribution in [2.75, 3.05) is 31.6 Å². The average molecular weight is 262 g/mol. The van der Waals surface area contributed by atoms with Crippen LogP contribution in [0.1, 0.15) is 25.0 Å². The van der Waals surface area contributed by atoms with Gasteiger partial charge in [0.2, 0.25) is 0 Å². The lowest BCUT2D eigenvalue weighted by Crippen LogP contribution is -2.48. The van der Waals surface area contributed by atoms with E-state index >= 15 is 0 Å². The summed E-state index contributed by atoms with van der Waals surface area (Å²) in [6, 6.07) is 7.18. The van der Waals surface area contributed by atoms with Crippen molar-refractivity contribution < 1.29 is 4.74 Å². The van der Waals surface area contributed by atoms with Crippen LogP contribution in [-0.4, -0.2) is 43.3 Å². The highest BCUT2D eigenvalue weighted by Gasteiger charge is 2.21. The second-order valence-corrected chi connectivity index (χ2v) is 5.84. The molecule has 1 aliphatic rings. The molecule has 0 radical (unpaired) electrons. The number of nitrogens with one attached hydrogen (secondary N) is 1. The number of benzene rings is 1. The van der Waals surface area contributed by atoms with Crippen LogP contribution < -0.4 is 5.32 Å². The molecule has 19 heavy (non-hydrogen) atoms. The third-order valence-corrected chi connectivity index (χ3v) is 3.66. The molecule has 0 bridgehead atoms. The largest absolute Gasteiger partial charge is 0.382 e. The Morgan fingerprint density at radius 3 is 2.58 bits per heavy atom. The Morgan fingerprint density at radius 1 is 1.26 bits per heavy atom. The minimum absolute atomic E-state index is 0.289. The van der Waals surface area contributed by atoms with Crippen LogP contribution in [-0.2, 0) is 4.74 Å². The number of nitrogens with zero attached hydrogens (tertiary/aromatic N) is 1. The van der Waals surface area contributed by atoms with Gasteiger partial charge in [-0.25, -0.2) is 0 Å². The summed E-state index contributed by atoms with van der Waals surface area (Å²) in [6.07, 6.45) is 0.289. The molecule has 1 atom stereocenters. The Morgan fingerprint density at radius 2 is 1.95 bits per heavy atom. The number of hydrogen-bond acceptors (Lipinski definition) is 3. The summed E-state index contributed by atoms with van der Waals surface area (Å²) in [5, 5.41) is 3.50. The lowest BCUT2D eigenvalue weighted by Gasteiger charge is -2.35. The highest BCUT2D eigenvalue weighted by Crippen LogP contribution is 2.15. The molecule has 1 unspecified atom stereocenters. The fraction of sp³-hybridized carbons (Fsp3) is 0.625. The molecule has 2 rings (SSSR count). The first-order valence-electron chi connectivity index (χ1n) is 7.22. The summed E-state index contributed by atoms with van der Waals surface area (Å²) < 4.78 is 5.84. The number of aryl methyl sites for hydroxylation is 2. The van der Waals surface area contributed by atoms with Crippen LogP contribution in [0.5, 0.6) is 0 Å². The van der Waals surface area contributed by atoms with Gasteiger partial charge in [0, 0.05) is 31.4 Å². The predicted molar refractivity (Wildman–Crippen MR) is 80.9 cm³/mol. The van der Waals surface area contributed by atoms with Crippen molar-refractivity contribution in [3.05, 3.63) is 29.3 Å². The first-order valence-corrected chi connectivity index (χ1v) is 7.22. The van der Waals surface area contributed by atoms with Crippen LogP contribution in [0.2, 0.25) is 0 Å². The topological polar surface area (TPSA) is 24.5 Å². The Kier molecular flexibility index (Phi) is 4.83. The molecule has 1 aromatic carbocycles. The van der Waals surface area contributed by atoms with Crippen LogP contribution in [0.4, 0.5) is 5.69 Å². The molecule has 1 heterocycles. The Bertz CT molecular complexity index is 397. The smallest absolute Gasteiger partial charge is 0.0874 e. The molecular weight excluding hydrogens is 236 g/mol. The summed E-state index contributed by atoms with van der Waals surface area (Å²) in [4.78, 5) is 2.48. The van der Waals surface area contributed by atoms with Crippen LogP contribution in [0.25, 0.3) is 0 Å². The lowest BCUT2D eigenvalue weighted by atomic mass is 10.1. The van der Waals surface area contributed by atoms with Crippen molar-refractivity contribution in [2.24, 2.45) is 0 Å². The van der Waals surface area contributed by atoms with Gasteiger partial charge in [-0.3, -0.25) is 4.90 Å². The van der Waals surface area contributed by atoms with E-state index < -0.39 is 0 Å². The van der Waals surface area contributed by atoms with Gasteiger partial charge in [0.05, 0.1) is 12.7 Å². The summed E-state index contributed by atoms with van der Waals surface area (Å²) in [5.74, 6) is 0. The third-order valence-electron chi connectivity index (χ3n) is 3.66. The van der Waals surface area contributed by atoms with Crippen LogP contribution in [0.3, 0.4) is 0 Å². The SMILES string of the molecule is Cc1cc(C)cc(NCC2CN(C(C)C)CCO2)c1. The van der Waals surface area contributed by atoms with Crippen LogP contribution in [0.15, 0.2) is 18.2 Å². The second kappa shape index (κ2) is 6.40. The second-order valence-electron chi connectivity index (χ2n) is 5.84. The van der Waals surface area contributed by atoms with E-state index in [1.807, 2.05) is 0 Å². The molecule has 0 saturated carbocycles. The van der Waals surface area contributed by atoms with Crippen molar-refractivity contribution >= 4 is 5.69 Å². The summed E-state index contributed by atoms with van der Waals surface area (Å²) in [5.41, 5.74) is 3.80. The molecule has 1 aromatic rings. The fourth-order valence-corrected chi connectivity index (χ4v) is 2.64. The van der Waals surface area contributed by atoms with E-state index in [0.29, 0.717) is 6.04 Å². The van der Waals surface area contributed by atoms with Crippen molar-refractivity contribution in [3.63, 3.8) is 0 Å². The van der Waals surface area contributed by atoms with Crippen molar-refractivity contribution in [1.29, 1.82) is 0 Å². The zero-order chi connectivity index (χ0) is 13.8. The zero-order valence-electron chi connectivity index (χ0n) is 12.6. The monoisotopic (exact) mass is 262 g/mol. The molecule has 3 nitrogen and oxygen atoms in total. The highest BCUT2D eigenvalue weighted by atomic mass is 16.5. The molecule has 0 amide bonds. The average Bonchev–Trinajstić information content (AvgIpc) is 2.35. The van der Waals surface area contributed by atoms with Crippen molar-refractivity contribution in [1.82, 2.24) is 4.90 Å². The summed E-state index contributed by atoms with van der Waals surface area (Å²) in [7, 11) is 0. The molecule has 1 aliphatic heterocycles. The van der Waals surface area contributed by atoms with Gasteiger partial charge in [0.1, 0.15) is 0 Å². The molecular formula is C16H26N2O. The van der Waals surface area contributed by atoms with Gasteiger partial charge in [-0.2, -0.15) is 0 Å². The number of ether oxygens (including phenoxy) is 1. The molecule has 106 valence electrons. The number of hydrogen-bond donors (Lipinski definition) is 1. The van der Waals surface area contributed by atoms with E-state index in [2.05, 4.69) is 56.1 Å². The normalized spacial score (nSPS) is 20.8. The van der Waals surface area contributed by atoms with Crippen molar-refractivity contribution in [3.8, 4) is 0 Å². The van der Waals surface area contributed by atoms with E-state index in [4.69, 9.17) is 4.74 Å². The zero-order valence-corrected chi connectivity index (χ0v) is 12.6. The first-order chi connectivity index (χ1) is 9.04. The molecule has 1 saturated heterocycles. The van der Waals surface area contributed by atoms with E-state index in [0.717, 1.165) is 26.2 Å². The maximum Gasteiger partial charge on any atom is 0.0874 e. The molecule has 3 heteroatoms. The van der Waals surface area contributed by atoms with E-state index in [9.17, 15) is 0 Å². The van der Waals surface area contributed by atoms with Gasteiger partial charge >= 0.3 is 0 Å². The first kappa shape index (κ1) is 14.4. The van der Waals surface area contributed by atoms with Gasteiger partial charge in [0.15, 0.2) is 0 Å². The minimum Gasteiger partial charge on any atom is -0.382 e. The van der Waals surface area contributed by atoms with E-state index in [1.54, 1.807) is 0 Å².